The Kier molecular flexibility index (Phi) is 5.57. The van der Waals surface area contributed by atoms with Gasteiger partial charge in [-0.25, -0.2) is 4.98 Å². The second-order valence-corrected chi connectivity index (χ2v) is 6.54. The molecule has 0 bridgehead atoms. The van der Waals surface area contributed by atoms with Crippen LogP contribution < -0.4 is 0 Å². The molecule has 24 heavy (non-hydrogen) atoms. The molecule has 1 atom stereocenters. The molecule has 8 heteroatoms. The fraction of sp³-hybridized carbons (Fsp3) is 0.750. The van der Waals surface area contributed by atoms with Crippen LogP contribution in [0.2, 0.25) is 0 Å². The molecule has 3 rings (SSSR count). The van der Waals surface area contributed by atoms with Crippen LogP contribution in [-0.2, 0) is 17.7 Å². The molecule has 0 saturated carbocycles. The van der Waals surface area contributed by atoms with Crippen LogP contribution in [0.4, 0.5) is 0 Å². The molecule has 0 aliphatic carbocycles. The van der Waals surface area contributed by atoms with Crippen molar-refractivity contribution in [3.63, 3.8) is 0 Å². The summed E-state index contributed by atoms with van der Waals surface area (Å²) in [6.07, 6.45) is 2.96. The summed E-state index contributed by atoms with van der Waals surface area (Å²) in [6, 6.07) is 0. The predicted octanol–water partition coefficient (Wildman–Crippen LogP) is 2.23. The van der Waals surface area contributed by atoms with Gasteiger partial charge in [-0.05, 0) is 6.42 Å². The minimum Gasteiger partial charge on any atom is -0.368 e. The minimum absolute atomic E-state index is 0.0924. The van der Waals surface area contributed by atoms with E-state index in [0.717, 1.165) is 55.7 Å². The molecule has 0 unspecified atom stereocenters. The lowest BCUT2D eigenvalue weighted by molar-refractivity contribution is -0.0379. The monoisotopic (exact) mass is 334 g/mol. The van der Waals surface area contributed by atoms with Crippen LogP contribution in [0.15, 0.2) is 4.52 Å². The molecule has 1 fully saturated rings. The average molecular weight is 334 g/mol. The maximum atomic E-state index is 5.84. The Balaban J connectivity index is 1.57. The molecule has 1 N–H and O–H groups in total. The Bertz CT molecular complexity index is 638. The summed E-state index contributed by atoms with van der Waals surface area (Å²) in [7, 11) is 0. The number of hydrogen-bond acceptors (Lipinski definition) is 7. The lowest BCUT2D eigenvalue weighted by Crippen LogP contribution is -2.38. The number of H-pyrrole nitrogens is 1. The molecule has 8 nitrogen and oxygen atoms in total. The van der Waals surface area contributed by atoms with Crippen molar-refractivity contribution in [2.45, 2.75) is 58.6 Å². The number of nitrogens with zero attached hydrogens (tertiary/aromatic N) is 5. The molecule has 0 amide bonds. The summed E-state index contributed by atoms with van der Waals surface area (Å²) < 4.78 is 11.1. The first-order chi connectivity index (χ1) is 11.7. The summed E-state index contributed by atoms with van der Waals surface area (Å²) in [5.41, 5.74) is 0. The first-order valence-electron chi connectivity index (χ1n) is 8.73. The van der Waals surface area contributed by atoms with Crippen LogP contribution in [0.5, 0.6) is 0 Å². The Morgan fingerprint density at radius 3 is 2.96 bits per heavy atom. The van der Waals surface area contributed by atoms with Crippen LogP contribution in [0.3, 0.4) is 0 Å². The molecule has 0 radical (unpaired) electrons. The van der Waals surface area contributed by atoms with Crippen molar-refractivity contribution in [1.29, 1.82) is 0 Å². The molecule has 132 valence electrons. The van der Waals surface area contributed by atoms with Crippen LogP contribution in [0.25, 0.3) is 0 Å². The second kappa shape index (κ2) is 7.85. The standard InChI is InChI=1S/C16H26N6O2/c1-4-5-6-14-17-13(21-24-14)10-22-7-8-23-12(9-22)16-18-15(11(2)3)19-20-16/h11-12H,4-10H2,1-3H3,(H,18,19,20)/t12-/m1/s1. The van der Waals surface area contributed by atoms with E-state index in [9.17, 15) is 0 Å². The Morgan fingerprint density at radius 2 is 2.21 bits per heavy atom. The van der Waals surface area contributed by atoms with Gasteiger partial charge in [0.05, 0.1) is 13.2 Å². The number of aryl methyl sites for hydroxylation is 1. The van der Waals surface area contributed by atoms with Crippen LogP contribution in [0.1, 0.15) is 69.0 Å². The molecule has 0 aromatic carbocycles. The Labute approximate surface area is 142 Å². The third kappa shape index (κ3) is 4.18. The van der Waals surface area contributed by atoms with E-state index in [2.05, 4.69) is 51.0 Å². The number of aromatic nitrogens is 5. The second-order valence-electron chi connectivity index (χ2n) is 6.54. The molecule has 3 heterocycles. The summed E-state index contributed by atoms with van der Waals surface area (Å²) in [4.78, 5) is 11.3. The average Bonchev–Trinajstić information content (AvgIpc) is 3.23. The van der Waals surface area contributed by atoms with E-state index >= 15 is 0 Å². The molecule has 1 aliphatic rings. The Morgan fingerprint density at radius 1 is 1.33 bits per heavy atom. The van der Waals surface area contributed by atoms with Gasteiger partial charge in [-0.15, -0.1) is 0 Å². The number of aromatic amines is 1. The van der Waals surface area contributed by atoms with Gasteiger partial charge in [-0.3, -0.25) is 10.00 Å². The molecule has 1 aliphatic heterocycles. The van der Waals surface area contributed by atoms with Gasteiger partial charge in [0.15, 0.2) is 17.5 Å². The number of rotatable bonds is 7. The van der Waals surface area contributed by atoms with E-state index in [1.807, 2.05) is 0 Å². The van der Waals surface area contributed by atoms with Gasteiger partial charge in [0.25, 0.3) is 0 Å². The summed E-state index contributed by atoms with van der Waals surface area (Å²) in [6.45, 7) is 9.22. The normalized spacial score (nSPS) is 19.2. The lowest BCUT2D eigenvalue weighted by Gasteiger charge is -2.30. The number of hydrogen-bond donors (Lipinski definition) is 1. The van der Waals surface area contributed by atoms with Crippen molar-refractivity contribution in [2.24, 2.45) is 0 Å². The van der Waals surface area contributed by atoms with Crippen molar-refractivity contribution in [3.05, 3.63) is 23.4 Å². The topological polar surface area (TPSA) is 93.0 Å². The van der Waals surface area contributed by atoms with Crippen molar-refractivity contribution in [3.8, 4) is 0 Å². The third-order valence-electron chi connectivity index (χ3n) is 4.11. The highest BCUT2D eigenvalue weighted by atomic mass is 16.5. The van der Waals surface area contributed by atoms with E-state index in [1.165, 1.54) is 0 Å². The minimum atomic E-state index is -0.0924. The fourth-order valence-electron chi connectivity index (χ4n) is 2.69. The van der Waals surface area contributed by atoms with Gasteiger partial charge in [0.2, 0.25) is 5.89 Å². The van der Waals surface area contributed by atoms with Crippen LogP contribution in [0, 0.1) is 0 Å². The Hall–Kier alpha value is -1.80. The fourth-order valence-corrected chi connectivity index (χ4v) is 2.69. The maximum Gasteiger partial charge on any atom is 0.226 e. The van der Waals surface area contributed by atoms with E-state index in [-0.39, 0.29) is 6.10 Å². The van der Waals surface area contributed by atoms with Crippen molar-refractivity contribution < 1.29 is 9.26 Å². The zero-order chi connectivity index (χ0) is 16.9. The number of ether oxygens (including phenoxy) is 1. The largest absolute Gasteiger partial charge is 0.368 e. The van der Waals surface area contributed by atoms with E-state index in [4.69, 9.17) is 9.26 Å². The highest BCUT2D eigenvalue weighted by Crippen LogP contribution is 2.21. The molecular weight excluding hydrogens is 308 g/mol. The first kappa shape index (κ1) is 17.0. The summed E-state index contributed by atoms with van der Waals surface area (Å²) >= 11 is 0. The molecular formula is C16H26N6O2. The SMILES string of the molecule is CCCCc1nc(CN2CCO[C@@H](c3nc(C(C)C)n[nH]3)C2)no1. The highest BCUT2D eigenvalue weighted by molar-refractivity contribution is 5.00. The first-order valence-corrected chi connectivity index (χ1v) is 8.73. The van der Waals surface area contributed by atoms with Crippen molar-refractivity contribution in [2.75, 3.05) is 19.7 Å². The third-order valence-corrected chi connectivity index (χ3v) is 4.11. The van der Waals surface area contributed by atoms with E-state index < -0.39 is 0 Å². The lowest BCUT2D eigenvalue weighted by atomic mass is 10.2. The predicted molar refractivity (Wildman–Crippen MR) is 87.4 cm³/mol. The summed E-state index contributed by atoms with van der Waals surface area (Å²) in [5.74, 6) is 3.39. The smallest absolute Gasteiger partial charge is 0.226 e. The molecule has 1 saturated heterocycles. The quantitative estimate of drug-likeness (QED) is 0.830. The summed E-state index contributed by atoms with van der Waals surface area (Å²) in [5, 5.41) is 11.3. The highest BCUT2D eigenvalue weighted by Gasteiger charge is 2.26. The number of unbranched alkanes of at least 4 members (excludes halogenated alkanes) is 1. The number of nitrogens with one attached hydrogen (secondary N) is 1. The van der Waals surface area contributed by atoms with Crippen LogP contribution >= 0.6 is 0 Å². The van der Waals surface area contributed by atoms with Gasteiger partial charge >= 0.3 is 0 Å². The zero-order valence-electron chi connectivity index (χ0n) is 14.7. The molecule has 0 spiro atoms. The zero-order valence-corrected chi connectivity index (χ0v) is 14.7. The van der Waals surface area contributed by atoms with Gasteiger partial charge < -0.3 is 9.26 Å². The van der Waals surface area contributed by atoms with Crippen LogP contribution in [-0.4, -0.2) is 49.9 Å². The van der Waals surface area contributed by atoms with Crippen molar-refractivity contribution in [1.82, 2.24) is 30.2 Å². The van der Waals surface area contributed by atoms with Crippen molar-refractivity contribution >= 4 is 0 Å². The van der Waals surface area contributed by atoms with E-state index in [1.54, 1.807) is 0 Å². The number of morpholine rings is 1. The maximum absolute atomic E-state index is 5.84. The van der Waals surface area contributed by atoms with Gasteiger partial charge in [-0.1, -0.05) is 32.3 Å². The molecule has 2 aromatic heterocycles. The van der Waals surface area contributed by atoms with Gasteiger partial charge in [0.1, 0.15) is 6.10 Å². The van der Waals surface area contributed by atoms with Gasteiger partial charge in [-0.2, -0.15) is 10.1 Å². The molecule has 2 aromatic rings. The van der Waals surface area contributed by atoms with Gasteiger partial charge in [0, 0.05) is 25.4 Å². The van der Waals surface area contributed by atoms with E-state index in [0.29, 0.717) is 19.1 Å².